The minimum absolute atomic E-state index is 0.136. The molecule has 1 unspecified atom stereocenters. The van der Waals surface area contributed by atoms with Gasteiger partial charge in [-0.1, -0.05) is 43.2 Å². The molecule has 1 amide bonds. The Hall–Kier alpha value is -2.08. The lowest BCUT2D eigenvalue weighted by Gasteiger charge is -2.22. The van der Waals surface area contributed by atoms with E-state index in [1.807, 2.05) is 30.3 Å². The van der Waals surface area contributed by atoms with E-state index >= 15 is 0 Å². The molecule has 2 N–H and O–H groups in total. The van der Waals surface area contributed by atoms with Crippen molar-refractivity contribution in [3.63, 3.8) is 0 Å². The molecule has 0 spiro atoms. The third-order valence-electron chi connectivity index (χ3n) is 3.62. The van der Waals surface area contributed by atoms with Crippen molar-refractivity contribution < 1.29 is 24.2 Å². The number of amides is 1. The van der Waals surface area contributed by atoms with E-state index in [0.29, 0.717) is 12.3 Å². The number of nitrogens with one attached hydrogen (secondary N) is 1. The van der Waals surface area contributed by atoms with Gasteiger partial charge in [-0.3, -0.25) is 0 Å². The van der Waals surface area contributed by atoms with Crippen LogP contribution >= 0.6 is 0 Å². The summed E-state index contributed by atoms with van der Waals surface area (Å²) < 4.78 is 9.64. The van der Waals surface area contributed by atoms with Gasteiger partial charge in [-0.05, 0) is 17.9 Å². The number of carbonyl (C=O) groups excluding carboxylic acids is 2. The van der Waals surface area contributed by atoms with Crippen LogP contribution < -0.4 is 5.32 Å². The summed E-state index contributed by atoms with van der Waals surface area (Å²) in [4.78, 5) is 23.3. The second kappa shape index (κ2) is 7.79. The van der Waals surface area contributed by atoms with E-state index in [2.05, 4.69) is 10.1 Å². The molecule has 2 atom stereocenters. The second-order valence-electron chi connectivity index (χ2n) is 5.46. The Bertz CT molecular complexity index is 501. The summed E-state index contributed by atoms with van der Waals surface area (Å²) in [6.07, 6.45) is 0.597. The summed E-state index contributed by atoms with van der Waals surface area (Å²) >= 11 is 0. The quantitative estimate of drug-likeness (QED) is 0.748. The lowest BCUT2D eigenvalue weighted by Crippen LogP contribution is -2.47. The Morgan fingerprint density at radius 3 is 2.59 bits per heavy atom. The molecule has 0 aliphatic heterocycles. The van der Waals surface area contributed by atoms with Gasteiger partial charge in [-0.2, -0.15) is 0 Å². The van der Waals surface area contributed by atoms with E-state index < -0.39 is 24.2 Å². The van der Waals surface area contributed by atoms with Gasteiger partial charge in [0.15, 0.2) is 6.10 Å². The molecule has 120 valence electrons. The number of rotatable bonds is 7. The average molecular weight is 307 g/mol. The second-order valence-corrected chi connectivity index (χ2v) is 5.46. The smallest absolute Gasteiger partial charge is 0.407 e. The molecule has 6 heteroatoms. The number of hydrogen-bond acceptors (Lipinski definition) is 5. The van der Waals surface area contributed by atoms with E-state index in [1.165, 1.54) is 7.11 Å². The first-order chi connectivity index (χ1) is 10.6. The van der Waals surface area contributed by atoms with Crippen molar-refractivity contribution in [1.82, 2.24) is 5.32 Å². The van der Waals surface area contributed by atoms with Crippen LogP contribution in [0.15, 0.2) is 30.3 Å². The molecule has 2 rings (SSSR count). The molecule has 1 aliphatic carbocycles. The number of benzene rings is 1. The van der Waals surface area contributed by atoms with Gasteiger partial charge in [0.1, 0.15) is 6.61 Å². The van der Waals surface area contributed by atoms with Crippen LogP contribution in [0.3, 0.4) is 0 Å². The number of methoxy groups -OCH3 is 1. The molecule has 0 radical (unpaired) electrons. The molecule has 0 heterocycles. The van der Waals surface area contributed by atoms with Gasteiger partial charge in [0.2, 0.25) is 0 Å². The Morgan fingerprint density at radius 1 is 1.32 bits per heavy atom. The Kier molecular flexibility index (Phi) is 5.77. The fourth-order valence-electron chi connectivity index (χ4n) is 2.18. The highest BCUT2D eigenvalue weighted by Gasteiger charge is 2.34. The van der Waals surface area contributed by atoms with E-state index in [-0.39, 0.29) is 6.61 Å². The van der Waals surface area contributed by atoms with Crippen LogP contribution in [0.2, 0.25) is 0 Å². The van der Waals surface area contributed by atoms with Crippen LogP contribution in [0.4, 0.5) is 4.79 Å². The number of aliphatic hydroxyl groups is 1. The van der Waals surface area contributed by atoms with Gasteiger partial charge < -0.3 is 19.9 Å². The predicted molar refractivity (Wildman–Crippen MR) is 78.9 cm³/mol. The number of carbonyl (C=O) groups is 2. The lowest BCUT2D eigenvalue weighted by atomic mass is 10.0. The summed E-state index contributed by atoms with van der Waals surface area (Å²) in [6, 6.07) is 8.59. The minimum Gasteiger partial charge on any atom is -0.467 e. The fraction of sp³-hybridized carbons (Fsp3) is 0.500. The van der Waals surface area contributed by atoms with Crippen LogP contribution in [0.5, 0.6) is 0 Å². The largest absolute Gasteiger partial charge is 0.467 e. The molecule has 0 saturated heterocycles. The number of ether oxygens (including phenoxy) is 2. The van der Waals surface area contributed by atoms with Crippen molar-refractivity contribution in [2.75, 3.05) is 7.11 Å². The minimum atomic E-state index is -1.38. The summed E-state index contributed by atoms with van der Waals surface area (Å²) in [6.45, 7) is 0.136. The number of esters is 1. The molecule has 22 heavy (non-hydrogen) atoms. The van der Waals surface area contributed by atoms with E-state index in [1.54, 1.807) is 0 Å². The SMILES string of the molecule is COC(=O)C(O)[C@H](CC1CC1)NC(=O)OCc1ccccc1. The van der Waals surface area contributed by atoms with Gasteiger partial charge in [0.05, 0.1) is 13.2 Å². The van der Waals surface area contributed by atoms with Crippen LogP contribution in [0, 0.1) is 5.92 Å². The highest BCUT2D eigenvalue weighted by molar-refractivity contribution is 5.76. The maximum atomic E-state index is 11.8. The van der Waals surface area contributed by atoms with Crippen molar-refractivity contribution in [2.24, 2.45) is 5.92 Å². The molecule has 0 aromatic heterocycles. The number of aliphatic hydroxyl groups excluding tert-OH is 1. The van der Waals surface area contributed by atoms with Gasteiger partial charge in [-0.15, -0.1) is 0 Å². The van der Waals surface area contributed by atoms with Crippen LogP contribution in [-0.4, -0.2) is 36.4 Å². The van der Waals surface area contributed by atoms with E-state index in [4.69, 9.17) is 4.74 Å². The normalized spacial score (nSPS) is 16.5. The van der Waals surface area contributed by atoms with Gasteiger partial charge in [0.25, 0.3) is 0 Å². The van der Waals surface area contributed by atoms with Gasteiger partial charge in [-0.25, -0.2) is 9.59 Å². The van der Waals surface area contributed by atoms with Crippen molar-refractivity contribution >= 4 is 12.1 Å². The molecule has 1 aromatic rings. The zero-order valence-electron chi connectivity index (χ0n) is 12.5. The maximum Gasteiger partial charge on any atom is 0.407 e. The fourth-order valence-corrected chi connectivity index (χ4v) is 2.18. The van der Waals surface area contributed by atoms with Gasteiger partial charge >= 0.3 is 12.1 Å². The topological polar surface area (TPSA) is 84.9 Å². The van der Waals surface area contributed by atoms with Crippen LogP contribution in [0.25, 0.3) is 0 Å². The zero-order chi connectivity index (χ0) is 15.9. The highest BCUT2D eigenvalue weighted by atomic mass is 16.6. The number of hydrogen-bond donors (Lipinski definition) is 2. The van der Waals surface area contributed by atoms with Crippen molar-refractivity contribution in [3.8, 4) is 0 Å². The summed E-state index contributed by atoms with van der Waals surface area (Å²) in [5.41, 5.74) is 0.866. The van der Waals surface area contributed by atoms with E-state index in [9.17, 15) is 14.7 Å². The molecular formula is C16H21NO5. The molecule has 6 nitrogen and oxygen atoms in total. The first-order valence-electron chi connectivity index (χ1n) is 7.33. The predicted octanol–water partition coefficient (Wildman–Crippen LogP) is 1.62. The lowest BCUT2D eigenvalue weighted by molar-refractivity contribution is -0.152. The Labute approximate surface area is 129 Å². The van der Waals surface area contributed by atoms with E-state index in [0.717, 1.165) is 18.4 Å². The Balaban J connectivity index is 1.85. The summed E-state index contributed by atoms with van der Waals surface area (Å²) in [7, 11) is 1.20. The van der Waals surface area contributed by atoms with Gasteiger partial charge in [0, 0.05) is 0 Å². The highest BCUT2D eigenvalue weighted by Crippen LogP contribution is 2.34. The van der Waals surface area contributed by atoms with Crippen LogP contribution in [-0.2, 0) is 20.9 Å². The third kappa shape index (κ3) is 5.04. The molecular weight excluding hydrogens is 286 g/mol. The maximum absolute atomic E-state index is 11.8. The molecule has 1 saturated carbocycles. The monoisotopic (exact) mass is 307 g/mol. The summed E-state index contributed by atoms with van der Waals surface area (Å²) in [5, 5.41) is 12.5. The third-order valence-corrected chi connectivity index (χ3v) is 3.62. The van der Waals surface area contributed by atoms with Crippen molar-refractivity contribution in [3.05, 3.63) is 35.9 Å². The number of alkyl carbamates (subject to hydrolysis) is 1. The first kappa shape index (κ1) is 16.3. The Morgan fingerprint density at radius 2 is 2.00 bits per heavy atom. The zero-order valence-corrected chi connectivity index (χ0v) is 12.5. The standard InChI is InChI=1S/C16H21NO5/c1-21-15(19)14(18)13(9-11-7-8-11)17-16(20)22-10-12-5-3-2-4-6-12/h2-6,11,13-14,18H,7-10H2,1H3,(H,17,20)/t13-,14?/m0/s1. The van der Waals surface area contributed by atoms with Crippen LogP contribution in [0.1, 0.15) is 24.8 Å². The molecule has 1 aliphatic rings. The first-order valence-corrected chi connectivity index (χ1v) is 7.33. The van der Waals surface area contributed by atoms with Crippen molar-refractivity contribution in [1.29, 1.82) is 0 Å². The molecule has 0 bridgehead atoms. The summed E-state index contributed by atoms with van der Waals surface area (Å²) in [5.74, 6) is -0.326. The average Bonchev–Trinajstić information content (AvgIpc) is 3.36. The molecule has 1 fully saturated rings. The van der Waals surface area contributed by atoms with Crippen molar-refractivity contribution in [2.45, 2.75) is 38.0 Å². The molecule has 1 aromatic carbocycles.